The Balaban J connectivity index is 1.54. The van der Waals surface area contributed by atoms with Gasteiger partial charge in [0, 0.05) is 16.1 Å². The molecule has 0 aromatic heterocycles. The maximum Gasteiger partial charge on any atom is 0.422 e. The first kappa shape index (κ1) is 35.7. The Morgan fingerprint density at radius 1 is 0.812 bits per heavy atom. The number of alkyl halides is 3. The summed E-state index contributed by atoms with van der Waals surface area (Å²) in [6.45, 7) is 3.38. The van der Waals surface area contributed by atoms with E-state index in [0.29, 0.717) is 16.0 Å². The molecule has 0 spiro atoms. The first-order valence-corrected chi connectivity index (χ1v) is 15.0. The molecule has 0 radical (unpaired) electrons. The van der Waals surface area contributed by atoms with Crippen molar-refractivity contribution in [2.75, 3.05) is 10.6 Å². The van der Waals surface area contributed by atoms with Crippen LogP contribution in [0.2, 0.25) is 0 Å². The lowest BCUT2D eigenvalue weighted by atomic mass is 10.1. The van der Waals surface area contributed by atoms with Gasteiger partial charge in [-0.2, -0.15) is 13.2 Å². The van der Waals surface area contributed by atoms with Crippen molar-refractivity contribution in [1.29, 1.82) is 0 Å². The van der Waals surface area contributed by atoms with Crippen molar-refractivity contribution in [1.82, 2.24) is 5.32 Å². The molecule has 0 bridgehead atoms. The zero-order valence-corrected chi connectivity index (χ0v) is 26.0. The van der Waals surface area contributed by atoms with Gasteiger partial charge < -0.3 is 16.0 Å². The topological polar surface area (TPSA) is 87.3 Å². The van der Waals surface area contributed by atoms with Gasteiger partial charge in [0.25, 0.3) is 11.8 Å². The molecular formula is C34H26F7N3O3S. The van der Waals surface area contributed by atoms with Gasteiger partial charge in [0.15, 0.2) is 23.3 Å². The molecule has 1 unspecified atom stereocenters. The SMILES string of the molecule is CCC(Sc1cccc(NC(=O)/C(=C\c2cccc(C)c2)NC(=O)c2ccccc2)c1)C(=O)Nc1c(F)c(F)c(C(F)(F)F)c(F)c1F. The van der Waals surface area contributed by atoms with Gasteiger partial charge in [-0.3, -0.25) is 14.4 Å². The predicted octanol–water partition coefficient (Wildman–Crippen LogP) is 8.49. The summed E-state index contributed by atoms with van der Waals surface area (Å²) in [4.78, 5) is 39.5. The third-order valence-corrected chi connectivity index (χ3v) is 8.07. The number of anilines is 2. The normalized spacial score (nSPS) is 12.3. The maximum atomic E-state index is 14.4. The van der Waals surface area contributed by atoms with E-state index >= 15 is 0 Å². The van der Waals surface area contributed by atoms with Crippen LogP contribution in [0.4, 0.5) is 42.1 Å². The molecule has 4 aromatic carbocycles. The Labute approximate surface area is 274 Å². The molecule has 0 saturated heterocycles. The Morgan fingerprint density at radius 3 is 2.06 bits per heavy atom. The lowest BCUT2D eigenvalue weighted by molar-refractivity contribution is -0.143. The monoisotopic (exact) mass is 689 g/mol. The summed E-state index contributed by atoms with van der Waals surface area (Å²) >= 11 is 0.845. The molecule has 1 atom stereocenters. The van der Waals surface area contributed by atoms with Crippen molar-refractivity contribution in [2.45, 2.75) is 36.6 Å². The summed E-state index contributed by atoms with van der Waals surface area (Å²) in [5.41, 5.74) is -2.46. The summed E-state index contributed by atoms with van der Waals surface area (Å²) in [6.07, 6.45) is -4.23. The van der Waals surface area contributed by atoms with E-state index < -0.39 is 63.7 Å². The molecular weight excluding hydrogens is 663 g/mol. The third kappa shape index (κ3) is 8.62. The number of nitrogens with one attached hydrogen (secondary N) is 3. The third-order valence-electron chi connectivity index (χ3n) is 6.71. The molecule has 0 saturated carbocycles. The van der Waals surface area contributed by atoms with Gasteiger partial charge in [-0.05, 0) is 55.3 Å². The van der Waals surface area contributed by atoms with Crippen molar-refractivity contribution < 1.29 is 45.1 Å². The van der Waals surface area contributed by atoms with Gasteiger partial charge in [0.1, 0.15) is 16.9 Å². The fourth-order valence-electron chi connectivity index (χ4n) is 4.40. The van der Waals surface area contributed by atoms with E-state index in [-0.39, 0.29) is 17.8 Å². The second-order valence-electron chi connectivity index (χ2n) is 10.3. The molecule has 4 rings (SSSR count). The highest BCUT2D eigenvalue weighted by atomic mass is 32.2. The number of benzene rings is 4. The van der Waals surface area contributed by atoms with E-state index in [1.54, 1.807) is 53.8 Å². The van der Waals surface area contributed by atoms with Crippen LogP contribution in [0.25, 0.3) is 6.08 Å². The summed E-state index contributed by atoms with van der Waals surface area (Å²) < 4.78 is 95.7. The minimum absolute atomic E-state index is 0.0107. The van der Waals surface area contributed by atoms with E-state index in [4.69, 9.17) is 0 Å². The summed E-state index contributed by atoms with van der Waals surface area (Å²) in [6, 6.07) is 21.4. The van der Waals surface area contributed by atoms with Gasteiger partial charge in [0.05, 0.1) is 5.25 Å². The molecule has 0 aliphatic rings. The Hall–Kier alpha value is -5.11. The number of rotatable bonds is 10. The predicted molar refractivity (Wildman–Crippen MR) is 168 cm³/mol. The van der Waals surface area contributed by atoms with Crippen LogP contribution in [-0.4, -0.2) is 23.0 Å². The second-order valence-corrected chi connectivity index (χ2v) is 11.6. The number of hydrogen-bond donors (Lipinski definition) is 3. The number of carbonyl (C=O) groups is 3. The van der Waals surface area contributed by atoms with Crippen LogP contribution in [0.1, 0.15) is 40.4 Å². The molecule has 14 heteroatoms. The second kappa shape index (κ2) is 15.2. The van der Waals surface area contributed by atoms with Crippen molar-refractivity contribution in [3.05, 3.63) is 130 Å². The fourth-order valence-corrected chi connectivity index (χ4v) is 5.41. The largest absolute Gasteiger partial charge is 0.422 e. The molecule has 48 heavy (non-hydrogen) atoms. The fraction of sp³-hybridized carbons (Fsp3) is 0.147. The minimum Gasteiger partial charge on any atom is -0.321 e. The molecule has 6 nitrogen and oxygen atoms in total. The van der Waals surface area contributed by atoms with Gasteiger partial charge in [0.2, 0.25) is 5.91 Å². The molecule has 3 amide bonds. The van der Waals surface area contributed by atoms with E-state index in [1.807, 2.05) is 13.0 Å². The first-order chi connectivity index (χ1) is 22.7. The van der Waals surface area contributed by atoms with Crippen molar-refractivity contribution in [3.8, 4) is 0 Å². The number of hydrogen-bond acceptors (Lipinski definition) is 4. The average molecular weight is 690 g/mol. The summed E-state index contributed by atoms with van der Waals surface area (Å²) in [5, 5.41) is 5.80. The molecule has 0 heterocycles. The molecule has 3 N–H and O–H groups in total. The highest BCUT2D eigenvalue weighted by Gasteiger charge is 2.42. The van der Waals surface area contributed by atoms with Crippen LogP contribution in [-0.2, 0) is 15.8 Å². The first-order valence-electron chi connectivity index (χ1n) is 14.2. The molecule has 0 aliphatic heterocycles. The van der Waals surface area contributed by atoms with Gasteiger partial charge in [-0.1, -0.05) is 61.0 Å². The van der Waals surface area contributed by atoms with Crippen molar-refractivity contribution >= 4 is 46.9 Å². The standard InChI is InChI=1S/C34H26F7N3O3S/c1-3-24(33(47)44-30-28(37)26(35)25(34(39,40)41)27(36)29(30)38)48-22-14-8-13-21(17-22)42-32(46)23(16-19-10-7-9-18(2)15-19)43-31(45)20-11-5-4-6-12-20/h4-17,24H,3H2,1-2H3,(H,42,46)(H,43,45)(H,44,47)/b23-16+. The average Bonchev–Trinajstić information content (AvgIpc) is 3.04. The van der Waals surface area contributed by atoms with Gasteiger partial charge in [-0.25, -0.2) is 17.6 Å². The van der Waals surface area contributed by atoms with Crippen LogP contribution < -0.4 is 16.0 Å². The van der Waals surface area contributed by atoms with E-state index in [2.05, 4.69) is 10.6 Å². The summed E-state index contributed by atoms with van der Waals surface area (Å²) in [7, 11) is 0. The van der Waals surface area contributed by atoms with E-state index in [0.717, 1.165) is 17.3 Å². The van der Waals surface area contributed by atoms with E-state index in [1.165, 1.54) is 37.3 Å². The smallest absolute Gasteiger partial charge is 0.321 e. The van der Waals surface area contributed by atoms with Crippen LogP contribution in [0.5, 0.6) is 0 Å². The maximum absolute atomic E-state index is 14.4. The molecule has 4 aromatic rings. The van der Waals surface area contributed by atoms with Crippen LogP contribution in [0, 0.1) is 30.2 Å². The van der Waals surface area contributed by atoms with Gasteiger partial charge in [-0.15, -0.1) is 11.8 Å². The van der Waals surface area contributed by atoms with Crippen molar-refractivity contribution in [3.63, 3.8) is 0 Å². The minimum atomic E-state index is -5.73. The van der Waals surface area contributed by atoms with E-state index in [9.17, 15) is 45.1 Å². The van der Waals surface area contributed by atoms with Gasteiger partial charge >= 0.3 is 6.18 Å². The van der Waals surface area contributed by atoms with Crippen molar-refractivity contribution in [2.24, 2.45) is 0 Å². The molecule has 250 valence electrons. The number of halogens is 7. The number of carbonyl (C=O) groups excluding carboxylic acids is 3. The number of thioether (sulfide) groups is 1. The zero-order chi connectivity index (χ0) is 35.2. The lowest BCUT2D eigenvalue weighted by Crippen LogP contribution is -2.30. The highest BCUT2D eigenvalue weighted by molar-refractivity contribution is 8.00. The quantitative estimate of drug-likeness (QED) is 0.0675. The molecule has 0 fully saturated rings. The van der Waals surface area contributed by atoms with Crippen LogP contribution in [0.15, 0.2) is 89.5 Å². The van der Waals surface area contributed by atoms with Crippen LogP contribution in [0.3, 0.4) is 0 Å². The zero-order valence-electron chi connectivity index (χ0n) is 25.1. The summed E-state index contributed by atoms with van der Waals surface area (Å²) in [5.74, 6) is -12.6. The van der Waals surface area contributed by atoms with Crippen LogP contribution >= 0.6 is 11.8 Å². The number of aryl methyl sites for hydroxylation is 1. The Morgan fingerprint density at radius 2 is 1.46 bits per heavy atom. The lowest BCUT2D eigenvalue weighted by Gasteiger charge is -2.18. The Kier molecular flexibility index (Phi) is 11.3. The number of amides is 3. The molecule has 0 aliphatic carbocycles. The highest BCUT2D eigenvalue weighted by Crippen LogP contribution is 2.39. The Bertz CT molecular complexity index is 1850.